The first kappa shape index (κ1) is 21.0. The molecule has 27 heavy (non-hydrogen) atoms. The van der Waals surface area contributed by atoms with E-state index in [-0.39, 0.29) is 16.9 Å². The van der Waals surface area contributed by atoms with Crippen molar-refractivity contribution in [3.63, 3.8) is 0 Å². The zero-order valence-corrected chi connectivity index (χ0v) is 17.6. The van der Waals surface area contributed by atoms with Gasteiger partial charge in [-0.3, -0.25) is 9.80 Å². The Morgan fingerprint density at radius 2 is 1.22 bits per heavy atom. The van der Waals surface area contributed by atoms with Crippen LogP contribution in [0.3, 0.4) is 0 Å². The molecule has 0 aromatic heterocycles. The molecule has 0 bridgehead atoms. The van der Waals surface area contributed by atoms with Gasteiger partial charge in [-0.05, 0) is 50.5 Å². The van der Waals surface area contributed by atoms with Crippen molar-refractivity contribution >= 4 is 17.3 Å². The van der Waals surface area contributed by atoms with Gasteiger partial charge in [-0.2, -0.15) is 5.01 Å². The van der Waals surface area contributed by atoms with Crippen LogP contribution in [-0.4, -0.2) is 29.7 Å². The van der Waals surface area contributed by atoms with E-state index in [0.717, 1.165) is 11.4 Å². The predicted octanol–water partition coefficient (Wildman–Crippen LogP) is 5.43. The molecular formula is C23H32N2O2. The average Bonchev–Trinajstić information content (AvgIpc) is 2.61. The molecule has 0 fully saturated rings. The van der Waals surface area contributed by atoms with E-state index >= 15 is 0 Å². The van der Waals surface area contributed by atoms with Gasteiger partial charge in [-0.1, -0.05) is 57.2 Å². The Morgan fingerprint density at radius 1 is 0.815 bits per heavy atom. The van der Waals surface area contributed by atoms with Crippen LogP contribution in [0.15, 0.2) is 60.7 Å². The second-order valence-corrected chi connectivity index (χ2v) is 8.79. The lowest BCUT2D eigenvalue weighted by Gasteiger charge is -2.51. The van der Waals surface area contributed by atoms with Crippen LogP contribution >= 0.6 is 0 Å². The quantitative estimate of drug-likeness (QED) is 0.520. The summed E-state index contributed by atoms with van der Waals surface area (Å²) in [6.07, 6.45) is 0. The van der Waals surface area contributed by atoms with Gasteiger partial charge >= 0.3 is 5.97 Å². The lowest BCUT2D eigenvalue weighted by molar-refractivity contribution is -0.155. The zero-order chi connectivity index (χ0) is 20.2. The van der Waals surface area contributed by atoms with Crippen molar-refractivity contribution < 1.29 is 9.53 Å². The van der Waals surface area contributed by atoms with Crippen molar-refractivity contribution in [2.75, 3.05) is 12.1 Å². The average molecular weight is 369 g/mol. The molecule has 1 unspecified atom stereocenters. The summed E-state index contributed by atoms with van der Waals surface area (Å²) in [6, 6.07) is 19.8. The monoisotopic (exact) mass is 368 g/mol. The van der Waals surface area contributed by atoms with E-state index in [4.69, 9.17) is 4.74 Å². The summed E-state index contributed by atoms with van der Waals surface area (Å²) >= 11 is 0. The number of hydrogen-bond donors (Lipinski definition) is 0. The fourth-order valence-corrected chi connectivity index (χ4v) is 3.27. The van der Waals surface area contributed by atoms with E-state index in [0.29, 0.717) is 0 Å². The summed E-state index contributed by atoms with van der Waals surface area (Å²) in [6.45, 7) is 12.6. The van der Waals surface area contributed by atoms with E-state index < -0.39 is 6.04 Å². The van der Waals surface area contributed by atoms with E-state index in [9.17, 15) is 4.79 Å². The topological polar surface area (TPSA) is 32.8 Å². The van der Waals surface area contributed by atoms with Crippen LogP contribution in [0.5, 0.6) is 0 Å². The molecule has 2 aromatic rings. The first-order valence-electron chi connectivity index (χ1n) is 9.34. The van der Waals surface area contributed by atoms with Crippen LogP contribution < -0.4 is 5.01 Å². The molecule has 0 aliphatic carbocycles. The minimum Gasteiger partial charge on any atom is -0.468 e. The van der Waals surface area contributed by atoms with Gasteiger partial charge in [0, 0.05) is 5.54 Å². The molecule has 4 heteroatoms. The summed E-state index contributed by atoms with van der Waals surface area (Å²) in [5.41, 5.74) is 1.33. The van der Waals surface area contributed by atoms with Crippen LogP contribution in [0.4, 0.5) is 11.4 Å². The van der Waals surface area contributed by atoms with Gasteiger partial charge in [0.15, 0.2) is 0 Å². The highest BCUT2D eigenvalue weighted by molar-refractivity contribution is 5.78. The normalized spacial score (nSPS) is 13.3. The van der Waals surface area contributed by atoms with Crippen LogP contribution in [0, 0.1) is 5.41 Å². The number of ether oxygens (including phenoxy) is 1. The Morgan fingerprint density at radius 3 is 1.52 bits per heavy atom. The highest BCUT2D eigenvalue weighted by atomic mass is 16.5. The molecule has 0 aliphatic heterocycles. The van der Waals surface area contributed by atoms with Gasteiger partial charge in [0.1, 0.15) is 6.04 Å². The van der Waals surface area contributed by atoms with Crippen molar-refractivity contribution in [2.24, 2.45) is 5.41 Å². The van der Waals surface area contributed by atoms with E-state index in [2.05, 4.69) is 75.8 Å². The number of para-hydroxylation sites is 2. The Hall–Kier alpha value is -2.33. The molecule has 0 spiro atoms. The summed E-state index contributed by atoms with van der Waals surface area (Å²) < 4.78 is 5.23. The summed E-state index contributed by atoms with van der Waals surface area (Å²) in [7, 11) is 1.46. The molecule has 1 atom stereocenters. The molecule has 2 aromatic carbocycles. The lowest BCUT2D eigenvalue weighted by Crippen LogP contribution is -2.63. The minimum absolute atomic E-state index is 0.241. The molecule has 0 N–H and O–H groups in total. The van der Waals surface area contributed by atoms with Crippen molar-refractivity contribution in [2.45, 2.75) is 53.1 Å². The van der Waals surface area contributed by atoms with Crippen LogP contribution in [0.2, 0.25) is 0 Å². The number of anilines is 2. The summed E-state index contributed by atoms with van der Waals surface area (Å²) in [4.78, 5) is 12.9. The zero-order valence-electron chi connectivity index (χ0n) is 17.6. The highest BCUT2D eigenvalue weighted by Crippen LogP contribution is 2.38. The molecule has 146 valence electrons. The molecule has 0 radical (unpaired) electrons. The standard InChI is InChI=1S/C23H32N2O2/c1-22(2,3)20(21(26)27-7)25(23(4,5)6)24(18-14-10-8-11-15-18)19-16-12-9-13-17-19/h8-17,20H,1-7H3. The van der Waals surface area contributed by atoms with Crippen LogP contribution in [-0.2, 0) is 9.53 Å². The number of nitrogens with zero attached hydrogens (tertiary/aromatic N) is 2. The van der Waals surface area contributed by atoms with Gasteiger partial charge in [-0.15, -0.1) is 0 Å². The van der Waals surface area contributed by atoms with Crippen molar-refractivity contribution in [1.29, 1.82) is 0 Å². The van der Waals surface area contributed by atoms with Gasteiger partial charge in [-0.25, -0.2) is 0 Å². The summed E-state index contributed by atoms with van der Waals surface area (Å²) in [5.74, 6) is -0.241. The van der Waals surface area contributed by atoms with Crippen LogP contribution in [0.1, 0.15) is 41.5 Å². The predicted molar refractivity (Wildman–Crippen MR) is 112 cm³/mol. The number of methoxy groups -OCH3 is 1. The smallest absolute Gasteiger partial charge is 0.325 e. The van der Waals surface area contributed by atoms with Crippen molar-refractivity contribution in [1.82, 2.24) is 5.01 Å². The number of hydrazine groups is 1. The van der Waals surface area contributed by atoms with Gasteiger partial charge in [0.25, 0.3) is 0 Å². The van der Waals surface area contributed by atoms with E-state index in [1.807, 2.05) is 36.4 Å². The third-order valence-electron chi connectivity index (χ3n) is 4.39. The molecule has 4 nitrogen and oxygen atoms in total. The number of esters is 1. The fourth-order valence-electron chi connectivity index (χ4n) is 3.27. The Labute approximate surface area is 163 Å². The molecule has 2 rings (SSSR count). The third kappa shape index (κ3) is 4.89. The van der Waals surface area contributed by atoms with E-state index in [1.54, 1.807) is 0 Å². The minimum atomic E-state index is -0.470. The largest absolute Gasteiger partial charge is 0.468 e. The Kier molecular flexibility index (Phi) is 6.32. The molecule has 0 saturated carbocycles. The maximum Gasteiger partial charge on any atom is 0.325 e. The highest BCUT2D eigenvalue weighted by Gasteiger charge is 2.45. The number of carbonyl (C=O) groups is 1. The number of benzene rings is 2. The molecule has 0 heterocycles. The van der Waals surface area contributed by atoms with Gasteiger partial charge in [0.05, 0.1) is 18.5 Å². The van der Waals surface area contributed by atoms with Crippen molar-refractivity contribution in [3.05, 3.63) is 60.7 Å². The van der Waals surface area contributed by atoms with Gasteiger partial charge < -0.3 is 4.74 Å². The first-order chi connectivity index (χ1) is 12.6. The second kappa shape index (κ2) is 8.13. The van der Waals surface area contributed by atoms with E-state index in [1.165, 1.54) is 7.11 Å². The SMILES string of the molecule is COC(=O)C(N(N(c1ccccc1)c1ccccc1)C(C)(C)C)C(C)(C)C. The number of hydrogen-bond acceptors (Lipinski definition) is 4. The molecular weight excluding hydrogens is 336 g/mol. The first-order valence-corrected chi connectivity index (χ1v) is 9.34. The molecule has 0 aliphatic rings. The molecule has 0 amide bonds. The van der Waals surface area contributed by atoms with Crippen molar-refractivity contribution in [3.8, 4) is 0 Å². The Bertz CT molecular complexity index is 691. The van der Waals surface area contributed by atoms with Crippen LogP contribution in [0.25, 0.3) is 0 Å². The lowest BCUT2D eigenvalue weighted by atomic mass is 9.84. The van der Waals surface area contributed by atoms with Gasteiger partial charge in [0.2, 0.25) is 0 Å². The Balaban J connectivity index is 2.74. The number of carbonyl (C=O) groups excluding carboxylic acids is 1. The fraction of sp³-hybridized carbons (Fsp3) is 0.435. The summed E-state index contributed by atoms with van der Waals surface area (Å²) in [5, 5.41) is 4.27. The molecule has 0 saturated heterocycles. The maximum atomic E-state index is 12.9. The second-order valence-electron chi connectivity index (χ2n) is 8.79. The number of rotatable bonds is 5. The third-order valence-corrected chi connectivity index (χ3v) is 4.39. The maximum absolute atomic E-state index is 12.9.